The second-order valence-corrected chi connectivity index (χ2v) is 6.60. The van der Waals surface area contributed by atoms with Crippen molar-refractivity contribution >= 4 is 11.7 Å². The second-order valence-electron chi connectivity index (χ2n) is 6.60. The number of hydrogen-bond donors (Lipinski definition) is 1. The molecule has 156 valence electrons. The zero-order chi connectivity index (χ0) is 21.5. The highest BCUT2D eigenvalue weighted by Gasteiger charge is 2.18. The summed E-state index contributed by atoms with van der Waals surface area (Å²) in [5, 5.41) is 6.77. The van der Waals surface area contributed by atoms with Gasteiger partial charge in [-0.05, 0) is 49.2 Å². The predicted molar refractivity (Wildman–Crippen MR) is 109 cm³/mol. The van der Waals surface area contributed by atoms with Gasteiger partial charge in [-0.3, -0.25) is 14.6 Å². The Bertz CT molecular complexity index is 1020. The molecule has 2 aromatic heterocycles. The van der Waals surface area contributed by atoms with Gasteiger partial charge in [-0.2, -0.15) is 0 Å². The fourth-order valence-corrected chi connectivity index (χ4v) is 2.89. The van der Waals surface area contributed by atoms with E-state index in [1.807, 2.05) is 19.1 Å². The van der Waals surface area contributed by atoms with E-state index in [0.29, 0.717) is 22.8 Å². The summed E-state index contributed by atoms with van der Waals surface area (Å²) >= 11 is 0. The predicted octanol–water partition coefficient (Wildman–Crippen LogP) is 3.74. The average molecular weight is 409 g/mol. The van der Waals surface area contributed by atoms with Gasteiger partial charge in [0, 0.05) is 24.0 Å². The number of ether oxygens (including phenoxy) is 2. The number of amides is 1. The van der Waals surface area contributed by atoms with E-state index >= 15 is 0 Å². The molecule has 2 heterocycles. The number of carbonyl (C=O) groups is 2. The Morgan fingerprint density at radius 2 is 1.90 bits per heavy atom. The van der Waals surface area contributed by atoms with Gasteiger partial charge in [-0.15, -0.1) is 0 Å². The van der Waals surface area contributed by atoms with Crippen molar-refractivity contribution in [1.29, 1.82) is 0 Å². The molecule has 0 saturated heterocycles. The third-order valence-electron chi connectivity index (χ3n) is 4.55. The van der Waals surface area contributed by atoms with Crippen LogP contribution < -0.4 is 14.8 Å². The van der Waals surface area contributed by atoms with Crippen molar-refractivity contribution in [3.8, 4) is 11.5 Å². The minimum atomic E-state index is -0.336. The fourth-order valence-electron chi connectivity index (χ4n) is 2.89. The first-order valence-electron chi connectivity index (χ1n) is 9.50. The van der Waals surface area contributed by atoms with Crippen LogP contribution in [-0.2, 0) is 6.61 Å². The molecular formula is C22H23N3O5. The summed E-state index contributed by atoms with van der Waals surface area (Å²) in [5.41, 5.74) is 1.66. The Morgan fingerprint density at radius 3 is 2.57 bits per heavy atom. The molecule has 0 bridgehead atoms. The molecule has 8 heteroatoms. The molecule has 1 amide bonds. The van der Waals surface area contributed by atoms with Gasteiger partial charge >= 0.3 is 0 Å². The monoisotopic (exact) mass is 409 g/mol. The van der Waals surface area contributed by atoms with E-state index in [4.69, 9.17) is 14.0 Å². The summed E-state index contributed by atoms with van der Waals surface area (Å²) in [5.74, 6) is 0.867. The van der Waals surface area contributed by atoms with Crippen LogP contribution in [-0.4, -0.2) is 28.9 Å². The maximum Gasteiger partial charge on any atom is 0.273 e. The van der Waals surface area contributed by atoms with Gasteiger partial charge in [0.15, 0.2) is 28.7 Å². The Morgan fingerprint density at radius 1 is 1.13 bits per heavy atom. The van der Waals surface area contributed by atoms with E-state index in [1.54, 1.807) is 30.6 Å². The summed E-state index contributed by atoms with van der Waals surface area (Å²) in [6, 6.07) is 10.0. The highest BCUT2D eigenvalue weighted by Crippen LogP contribution is 2.29. The lowest BCUT2D eigenvalue weighted by atomic mass is 10.1. The Labute approximate surface area is 174 Å². The number of Topliss-reactive ketones (excluding diaryl/α,β-unsaturated/α-hetero) is 1. The molecule has 1 N–H and O–H groups in total. The molecule has 3 rings (SSSR count). The number of nitrogens with zero attached hydrogens (tertiary/aromatic N) is 2. The van der Waals surface area contributed by atoms with Crippen LogP contribution in [0.25, 0.3) is 0 Å². The van der Waals surface area contributed by atoms with Crippen molar-refractivity contribution in [2.45, 2.75) is 32.9 Å². The van der Waals surface area contributed by atoms with E-state index in [1.165, 1.54) is 20.1 Å². The summed E-state index contributed by atoms with van der Waals surface area (Å²) in [7, 11) is 1.50. The molecule has 0 fully saturated rings. The van der Waals surface area contributed by atoms with Gasteiger partial charge in [0.25, 0.3) is 5.91 Å². The van der Waals surface area contributed by atoms with Gasteiger partial charge in [-0.25, -0.2) is 0 Å². The van der Waals surface area contributed by atoms with Crippen molar-refractivity contribution < 1.29 is 23.6 Å². The van der Waals surface area contributed by atoms with Crippen LogP contribution in [0.1, 0.15) is 58.5 Å². The average Bonchev–Trinajstić information content (AvgIpc) is 3.25. The topological polar surface area (TPSA) is 104 Å². The molecule has 0 aliphatic carbocycles. The third-order valence-corrected chi connectivity index (χ3v) is 4.55. The van der Waals surface area contributed by atoms with Crippen LogP contribution in [0, 0.1) is 0 Å². The van der Waals surface area contributed by atoms with Gasteiger partial charge < -0.3 is 19.3 Å². The number of hydrogen-bond acceptors (Lipinski definition) is 7. The quantitative estimate of drug-likeness (QED) is 0.537. The Balaban J connectivity index is 1.64. The molecule has 3 aromatic rings. The molecule has 0 aliphatic heterocycles. The van der Waals surface area contributed by atoms with Crippen LogP contribution in [0.5, 0.6) is 11.5 Å². The SMILES string of the molecule is CC[C@@H](NC(=O)c1cc(COc2ccc(C(C)=O)cc2OC)on1)c1ccncc1. The summed E-state index contributed by atoms with van der Waals surface area (Å²) in [6.07, 6.45) is 4.10. The van der Waals surface area contributed by atoms with Gasteiger partial charge in [0.2, 0.25) is 0 Å². The van der Waals surface area contributed by atoms with Crippen molar-refractivity contribution in [2.24, 2.45) is 0 Å². The molecule has 1 aromatic carbocycles. The highest BCUT2D eigenvalue weighted by atomic mass is 16.5. The lowest BCUT2D eigenvalue weighted by Gasteiger charge is -2.16. The fraction of sp³-hybridized carbons (Fsp3) is 0.273. The first-order valence-corrected chi connectivity index (χ1v) is 9.50. The van der Waals surface area contributed by atoms with Gasteiger partial charge in [-0.1, -0.05) is 12.1 Å². The van der Waals surface area contributed by atoms with E-state index < -0.39 is 0 Å². The Hall–Kier alpha value is -3.68. The second kappa shape index (κ2) is 9.69. The molecule has 1 atom stereocenters. The maximum absolute atomic E-state index is 12.5. The van der Waals surface area contributed by atoms with Crippen LogP contribution in [0.15, 0.2) is 53.3 Å². The zero-order valence-electron chi connectivity index (χ0n) is 17.0. The van der Waals surface area contributed by atoms with Crippen LogP contribution in [0.3, 0.4) is 0 Å². The van der Waals surface area contributed by atoms with Crippen LogP contribution in [0.4, 0.5) is 0 Å². The number of ketones is 1. The van der Waals surface area contributed by atoms with Gasteiger partial charge in [0.1, 0.15) is 6.61 Å². The highest BCUT2D eigenvalue weighted by molar-refractivity contribution is 5.94. The summed E-state index contributed by atoms with van der Waals surface area (Å²) < 4.78 is 16.2. The maximum atomic E-state index is 12.5. The smallest absolute Gasteiger partial charge is 0.273 e. The lowest BCUT2D eigenvalue weighted by molar-refractivity contribution is 0.0925. The number of nitrogens with one attached hydrogen (secondary N) is 1. The largest absolute Gasteiger partial charge is 0.493 e. The van der Waals surface area contributed by atoms with Crippen molar-refractivity contribution in [3.05, 3.63) is 71.4 Å². The normalized spacial score (nSPS) is 11.6. The first kappa shape index (κ1) is 21.0. The van der Waals surface area contributed by atoms with Crippen LogP contribution >= 0.6 is 0 Å². The molecule has 0 unspecified atom stereocenters. The standard InChI is InChI=1S/C22H23N3O5/c1-4-18(15-7-9-23-10-8-15)24-22(27)19-12-17(30-25-19)13-29-20-6-5-16(14(2)26)11-21(20)28-3/h5-12,18H,4,13H2,1-3H3,(H,24,27)/t18-/m1/s1. The summed E-state index contributed by atoms with van der Waals surface area (Å²) in [4.78, 5) is 28.0. The van der Waals surface area contributed by atoms with Crippen molar-refractivity contribution in [2.75, 3.05) is 7.11 Å². The lowest BCUT2D eigenvalue weighted by Crippen LogP contribution is -2.28. The molecule has 0 radical (unpaired) electrons. The minimum Gasteiger partial charge on any atom is -0.493 e. The first-order chi connectivity index (χ1) is 14.5. The number of pyridine rings is 1. The molecular weight excluding hydrogens is 386 g/mol. The molecule has 0 saturated carbocycles. The molecule has 30 heavy (non-hydrogen) atoms. The summed E-state index contributed by atoms with van der Waals surface area (Å²) in [6.45, 7) is 3.52. The van der Waals surface area contributed by atoms with Crippen molar-refractivity contribution in [1.82, 2.24) is 15.5 Å². The van der Waals surface area contributed by atoms with Gasteiger partial charge in [0.05, 0.1) is 13.2 Å². The van der Waals surface area contributed by atoms with E-state index in [9.17, 15) is 9.59 Å². The molecule has 8 nitrogen and oxygen atoms in total. The number of carbonyl (C=O) groups excluding carboxylic acids is 2. The van der Waals surface area contributed by atoms with E-state index in [0.717, 1.165) is 12.0 Å². The minimum absolute atomic E-state index is 0.0532. The van der Waals surface area contributed by atoms with E-state index in [2.05, 4.69) is 15.5 Å². The van der Waals surface area contributed by atoms with E-state index in [-0.39, 0.29) is 30.0 Å². The van der Waals surface area contributed by atoms with Crippen molar-refractivity contribution in [3.63, 3.8) is 0 Å². The molecule has 0 aliphatic rings. The number of aromatic nitrogens is 2. The third kappa shape index (κ3) is 5.02. The number of rotatable bonds is 9. The Kier molecular flexibility index (Phi) is 6.79. The van der Waals surface area contributed by atoms with Crippen LogP contribution in [0.2, 0.25) is 0 Å². The molecule has 0 spiro atoms. The zero-order valence-corrected chi connectivity index (χ0v) is 17.0. The number of benzene rings is 1. The number of methoxy groups -OCH3 is 1.